The van der Waals surface area contributed by atoms with E-state index in [0.29, 0.717) is 10.0 Å². The topological polar surface area (TPSA) is 26.0 Å². The summed E-state index contributed by atoms with van der Waals surface area (Å²) >= 11 is 5.40. The molecule has 0 saturated carbocycles. The van der Waals surface area contributed by atoms with E-state index < -0.39 is 23.5 Å². The van der Waals surface area contributed by atoms with Crippen molar-refractivity contribution in [3.05, 3.63) is 67.0 Å². The second kappa shape index (κ2) is 5.80. The molecule has 2 aromatic carbocycles. The maximum absolute atomic E-state index is 13.7. The summed E-state index contributed by atoms with van der Waals surface area (Å²) in [5, 5.41) is 0. The SMILES string of the molecule is NC(c1cc(I)ccc1Br)c1ccc(F)c(F)c1F. The molecule has 1 atom stereocenters. The van der Waals surface area contributed by atoms with Gasteiger partial charge in [-0.05, 0) is 52.4 Å². The van der Waals surface area contributed by atoms with Crippen LogP contribution in [0.1, 0.15) is 17.2 Å². The largest absolute Gasteiger partial charge is 0.320 e. The minimum atomic E-state index is -1.50. The standard InChI is InChI=1S/C13H8BrF3IN/c14-9-3-1-6(18)5-8(9)13(19)7-2-4-10(15)12(17)11(7)16/h1-5,13H,19H2. The quantitative estimate of drug-likeness (QED) is 0.538. The Bertz CT molecular complexity index is 634. The molecule has 0 aliphatic heterocycles. The summed E-state index contributed by atoms with van der Waals surface area (Å²) in [6, 6.07) is 6.53. The highest BCUT2D eigenvalue weighted by molar-refractivity contribution is 14.1. The first-order valence-electron chi connectivity index (χ1n) is 5.25. The van der Waals surface area contributed by atoms with Gasteiger partial charge in [0.1, 0.15) is 0 Å². The van der Waals surface area contributed by atoms with Crippen molar-refractivity contribution in [3.8, 4) is 0 Å². The zero-order valence-electron chi connectivity index (χ0n) is 9.43. The van der Waals surface area contributed by atoms with Crippen LogP contribution in [-0.2, 0) is 0 Å². The molecule has 0 spiro atoms. The van der Waals surface area contributed by atoms with E-state index in [1.807, 2.05) is 6.07 Å². The van der Waals surface area contributed by atoms with Gasteiger partial charge in [0.25, 0.3) is 0 Å². The summed E-state index contributed by atoms with van der Waals surface area (Å²) < 4.78 is 41.4. The monoisotopic (exact) mass is 441 g/mol. The van der Waals surface area contributed by atoms with Gasteiger partial charge < -0.3 is 5.73 Å². The van der Waals surface area contributed by atoms with Crippen LogP contribution in [-0.4, -0.2) is 0 Å². The van der Waals surface area contributed by atoms with E-state index in [1.54, 1.807) is 12.1 Å². The molecule has 0 fully saturated rings. The smallest absolute Gasteiger partial charge is 0.194 e. The molecular weight excluding hydrogens is 434 g/mol. The van der Waals surface area contributed by atoms with Crippen LogP contribution in [0, 0.1) is 21.0 Å². The summed E-state index contributed by atoms with van der Waals surface area (Å²) in [5.74, 6) is -3.98. The highest BCUT2D eigenvalue weighted by Crippen LogP contribution is 2.30. The summed E-state index contributed by atoms with van der Waals surface area (Å²) in [6.45, 7) is 0. The van der Waals surface area contributed by atoms with Crippen LogP contribution in [0.2, 0.25) is 0 Å². The third kappa shape index (κ3) is 2.95. The molecule has 0 radical (unpaired) electrons. The maximum atomic E-state index is 13.7. The zero-order valence-corrected chi connectivity index (χ0v) is 13.2. The van der Waals surface area contributed by atoms with Gasteiger partial charge in [0.15, 0.2) is 17.5 Å². The van der Waals surface area contributed by atoms with Crippen LogP contribution in [0.4, 0.5) is 13.2 Å². The first-order valence-corrected chi connectivity index (χ1v) is 7.13. The van der Waals surface area contributed by atoms with Gasteiger partial charge in [-0.3, -0.25) is 0 Å². The first-order chi connectivity index (χ1) is 8.91. The molecule has 1 nitrogen and oxygen atoms in total. The Morgan fingerprint density at radius 1 is 1.00 bits per heavy atom. The van der Waals surface area contributed by atoms with Gasteiger partial charge >= 0.3 is 0 Å². The van der Waals surface area contributed by atoms with Crippen molar-refractivity contribution in [2.45, 2.75) is 6.04 Å². The molecule has 1 unspecified atom stereocenters. The van der Waals surface area contributed by atoms with Gasteiger partial charge in [0.05, 0.1) is 6.04 Å². The van der Waals surface area contributed by atoms with Crippen molar-refractivity contribution in [3.63, 3.8) is 0 Å². The molecule has 0 heterocycles. The predicted molar refractivity (Wildman–Crippen MR) is 79.2 cm³/mol. The summed E-state index contributed by atoms with van der Waals surface area (Å²) in [5.41, 5.74) is 6.47. The summed E-state index contributed by atoms with van der Waals surface area (Å²) in [4.78, 5) is 0. The molecule has 6 heteroatoms. The average molecular weight is 442 g/mol. The Labute approximate surface area is 130 Å². The highest BCUT2D eigenvalue weighted by atomic mass is 127. The molecule has 0 saturated heterocycles. The number of nitrogens with two attached hydrogens (primary N) is 1. The van der Waals surface area contributed by atoms with Crippen molar-refractivity contribution in [2.75, 3.05) is 0 Å². The second-order valence-electron chi connectivity index (χ2n) is 3.91. The fourth-order valence-corrected chi connectivity index (χ4v) is 2.71. The van der Waals surface area contributed by atoms with Crippen LogP contribution in [0.5, 0.6) is 0 Å². The molecule has 0 bridgehead atoms. The van der Waals surface area contributed by atoms with Crippen molar-refractivity contribution in [2.24, 2.45) is 5.73 Å². The van der Waals surface area contributed by atoms with E-state index >= 15 is 0 Å². The lowest BCUT2D eigenvalue weighted by atomic mass is 9.99. The fraction of sp³-hybridized carbons (Fsp3) is 0.0769. The van der Waals surface area contributed by atoms with Crippen molar-refractivity contribution >= 4 is 38.5 Å². The average Bonchev–Trinajstić information content (AvgIpc) is 2.38. The lowest BCUT2D eigenvalue weighted by molar-refractivity contribution is 0.438. The van der Waals surface area contributed by atoms with Crippen molar-refractivity contribution in [1.82, 2.24) is 0 Å². The predicted octanol–water partition coefficient (Wildman–Crippen LogP) is 4.52. The second-order valence-corrected chi connectivity index (χ2v) is 6.01. The third-order valence-electron chi connectivity index (χ3n) is 2.69. The van der Waals surface area contributed by atoms with Crippen LogP contribution in [0.25, 0.3) is 0 Å². The summed E-state index contributed by atoms with van der Waals surface area (Å²) in [7, 11) is 0. The minimum Gasteiger partial charge on any atom is -0.320 e. The molecule has 2 aromatic rings. The number of hydrogen-bond donors (Lipinski definition) is 1. The Morgan fingerprint density at radius 3 is 2.37 bits per heavy atom. The van der Waals surface area contributed by atoms with Gasteiger partial charge in [-0.15, -0.1) is 0 Å². The molecule has 2 N–H and O–H groups in total. The highest BCUT2D eigenvalue weighted by Gasteiger charge is 2.21. The number of rotatable bonds is 2. The van der Waals surface area contributed by atoms with Gasteiger partial charge in [0, 0.05) is 13.6 Å². The Kier molecular flexibility index (Phi) is 4.52. The van der Waals surface area contributed by atoms with Gasteiger partial charge in [-0.25, -0.2) is 13.2 Å². The van der Waals surface area contributed by atoms with Gasteiger partial charge in [-0.2, -0.15) is 0 Å². The number of benzene rings is 2. The number of hydrogen-bond acceptors (Lipinski definition) is 1. The molecule has 19 heavy (non-hydrogen) atoms. The van der Waals surface area contributed by atoms with E-state index in [1.165, 1.54) is 0 Å². The summed E-state index contributed by atoms with van der Waals surface area (Å²) in [6.07, 6.45) is 0. The van der Waals surface area contributed by atoms with Crippen molar-refractivity contribution in [1.29, 1.82) is 0 Å². The van der Waals surface area contributed by atoms with Gasteiger partial charge in [-0.1, -0.05) is 22.0 Å². The zero-order chi connectivity index (χ0) is 14.2. The fourth-order valence-electron chi connectivity index (χ4n) is 1.70. The normalized spacial score (nSPS) is 12.5. The van der Waals surface area contributed by atoms with Crippen LogP contribution in [0.15, 0.2) is 34.8 Å². The van der Waals surface area contributed by atoms with Crippen LogP contribution >= 0.6 is 38.5 Å². The molecule has 0 aliphatic rings. The molecular formula is C13H8BrF3IN. The third-order valence-corrected chi connectivity index (χ3v) is 4.09. The van der Waals surface area contributed by atoms with Crippen LogP contribution < -0.4 is 5.73 Å². The molecule has 0 aromatic heterocycles. The lowest BCUT2D eigenvalue weighted by Gasteiger charge is -2.16. The van der Waals surface area contributed by atoms with E-state index in [0.717, 1.165) is 15.7 Å². The van der Waals surface area contributed by atoms with E-state index in [9.17, 15) is 13.2 Å². The maximum Gasteiger partial charge on any atom is 0.194 e. The first kappa shape index (κ1) is 14.8. The molecule has 0 aliphatic carbocycles. The minimum absolute atomic E-state index is 0.0819. The van der Waals surface area contributed by atoms with Crippen molar-refractivity contribution < 1.29 is 13.2 Å². The molecule has 0 amide bonds. The number of halogens is 5. The lowest BCUT2D eigenvalue weighted by Crippen LogP contribution is -2.15. The Morgan fingerprint density at radius 2 is 1.68 bits per heavy atom. The van der Waals surface area contributed by atoms with E-state index in [-0.39, 0.29) is 5.56 Å². The van der Waals surface area contributed by atoms with E-state index in [4.69, 9.17) is 5.73 Å². The van der Waals surface area contributed by atoms with E-state index in [2.05, 4.69) is 38.5 Å². The Hall–Kier alpha value is -0.600. The molecule has 2 rings (SSSR count). The Balaban J connectivity index is 2.53. The molecule has 100 valence electrons. The van der Waals surface area contributed by atoms with Crippen LogP contribution in [0.3, 0.4) is 0 Å². The van der Waals surface area contributed by atoms with Gasteiger partial charge in [0.2, 0.25) is 0 Å².